The van der Waals surface area contributed by atoms with E-state index in [2.05, 4.69) is 60.3 Å². The molecule has 0 aliphatic rings. The third-order valence-corrected chi connectivity index (χ3v) is 1.49. The zero-order valence-electron chi connectivity index (χ0n) is 10.7. The molecule has 0 unspecified atom stereocenters. The fourth-order valence-electron chi connectivity index (χ4n) is 0.783. The molecule has 0 spiro atoms. The summed E-state index contributed by atoms with van der Waals surface area (Å²) >= 11 is 0. The van der Waals surface area contributed by atoms with Crippen molar-refractivity contribution in [3.63, 3.8) is 0 Å². The van der Waals surface area contributed by atoms with Gasteiger partial charge in [0.15, 0.2) is 0 Å². The molecule has 0 heterocycles. The first-order chi connectivity index (χ1) is 5.75. The van der Waals surface area contributed by atoms with Gasteiger partial charge >= 0.3 is 0 Å². The van der Waals surface area contributed by atoms with Gasteiger partial charge in [0.05, 0.1) is 0 Å². The van der Waals surface area contributed by atoms with Crippen molar-refractivity contribution in [2.24, 2.45) is 0 Å². The summed E-state index contributed by atoms with van der Waals surface area (Å²) in [5.74, 6) is 1.42. The smallest absolute Gasteiger partial charge is 0.00714 e. The molecule has 0 atom stereocenters. The first kappa shape index (κ1) is 20.0. The monoisotopic (exact) mass is 235 g/mol. The predicted molar refractivity (Wildman–Crippen MR) is 62.3 cm³/mol. The molecule has 14 heavy (non-hydrogen) atoms. The van der Waals surface area contributed by atoms with E-state index >= 15 is 0 Å². The molecule has 0 bridgehead atoms. The Morgan fingerprint density at radius 3 is 1.21 bits per heavy atom. The quantitative estimate of drug-likeness (QED) is 0.663. The summed E-state index contributed by atoms with van der Waals surface area (Å²) in [6.07, 6.45) is 0. The zero-order chi connectivity index (χ0) is 11.1. The van der Waals surface area contributed by atoms with Crippen LogP contribution in [0.1, 0.15) is 41.5 Å². The summed E-state index contributed by atoms with van der Waals surface area (Å²) in [4.78, 5) is 2.22. The van der Waals surface area contributed by atoms with Crippen LogP contribution in [-0.2, 0) is 18.6 Å². The fraction of sp³-hybridized carbons (Fsp3) is 0.750. The van der Waals surface area contributed by atoms with Crippen LogP contribution in [0.15, 0.2) is 0 Å². The molecule has 0 aromatic carbocycles. The predicted octanol–water partition coefficient (Wildman–Crippen LogP) is 3.37. The molecule has 0 aliphatic carbocycles. The van der Waals surface area contributed by atoms with Crippen molar-refractivity contribution in [2.75, 3.05) is 13.1 Å². The van der Waals surface area contributed by atoms with E-state index in [9.17, 15) is 0 Å². The van der Waals surface area contributed by atoms with Crippen molar-refractivity contribution in [1.82, 2.24) is 4.90 Å². The first-order valence-electron chi connectivity index (χ1n) is 4.86. The maximum atomic E-state index is 3.81. The van der Waals surface area contributed by atoms with Crippen LogP contribution in [-0.4, -0.2) is 23.5 Å². The molecule has 2 heteroatoms. The fourth-order valence-corrected chi connectivity index (χ4v) is 0.783. The second-order valence-electron chi connectivity index (χ2n) is 4.66. The first-order valence-corrected chi connectivity index (χ1v) is 4.86. The van der Waals surface area contributed by atoms with Crippen LogP contribution in [0.25, 0.3) is 0 Å². The second-order valence-corrected chi connectivity index (χ2v) is 4.66. The van der Waals surface area contributed by atoms with Gasteiger partial charge in [0.2, 0.25) is 0 Å². The van der Waals surface area contributed by atoms with Crippen molar-refractivity contribution < 1.29 is 18.6 Å². The average Bonchev–Trinajstić information content (AvgIpc) is 1.85. The summed E-state index contributed by atoms with van der Waals surface area (Å²) in [6, 6.07) is 0. The van der Waals surface area contributed by atoms with Gasteiger partial charge in [0.25, 0.3) is 0 Å². The van der Waals surface area contributed by atoms with Crippen molar-refractivity contribution >= 4 is 0 Å². The van der Waals surface area contributed by atoms with Gasteiger partial charge in [-0.3, -0.25) is 0 Å². The molecule has 0 aromatic rings. The number of nitrogens with zero attached hydrogens (tertiary/aromatic N) is 1. The molecule has 0 saturated carbocycles. The molecule has 87 valence electrons. The Morgan fingerprint density at radius 2 is 1.21 bits per heavy atom. The molecular formula is C12H26NV-3. The Kier molecular flexibility index (Phi) is 14.4. The molecule has 1 nitrogen and oxygen atoms in total. The van der Waals surface area contributed by atoms with Crippen LogP contribution in [0.3, 0.4) is 0 Å². The van der Waals surface area contributed by atoms with Crippen molar-refractivity contribution in [2.45, 2.75) is 47.1 Å². The van der Waals surface area contributed by atoms with Crippen LogP contribution in [0.5, 0.6) is 0 Å². The summed E-state index contributed by atoms with van der Waals surface area (Å²) in [6.45, 7) is 22.1. The van der Waals surface area contributed by atoms with Crippen LogP contribution in [0.4, 0.5) is 0 Å². The standard InChI is InChI=1S/C8H17N.C4H9.V/c1-6-9(7-2)8(3,4)5;1-4(2)3;/h1-2,6-7H2,3-5H3;1-3H3;/q-2;-1;. The molecule has 0 rings (SSSR count). The second kappa shape index (κ2) is 10.1. The Morgan fingerprint density at radius 1 is 1.00 bits per heavy atom. The van der Waals surface area contributed by atoms with E-state index in [-0.39, 0.29) is 24.1 Å². The van der Waals surface area contributed by atoms with Crippen LogP contribution in [0.2, 0.25) is 0 Å². The summed E-state index contributed by atoms with van der Waals surface area (Å²) < 4.78 is 0. The molecule has 0 amide bonds. The Hall–Kier alpha value is 0.544. The van der Waals surface area contributed by atoms with Gasteiger partial charge in [-0.2, -0.15) is 20.8 Å². The van der Waals surface area contributed by atoms with E-state index in [1.165, 1.54) is 5.92 Å². The molecule has 0 aliphatic heterocycles. The molecular weight excluding hydrogens is 209 g/mol. The SMILES string of the molecule is C[C-](C)C.[CH2-]CN(C[CH2-])C(C)(C)C.[V]. The van der Waals surface area contributed by atoms with E-state index in [0.717, 1.165) is 13.1 Å². The minimum absolute atomic E-state index is 0. The number of rotatable bonds is 2. The van der Waals surface area contributed by atoms with Crippen LogP contribution in [0, 0.1) is 19.8 Å². The Balaban J connectivity index is -0.000000209. The van der Waals surface area contributed by atoms with Gasteiger partial charge in [0, 0.05) is 24.1 Å². The maximum Gasteiger partial charge on any atom is 0.00714 e. The van der Waals surface area contributed by atoms with E-state index in [0.29, 0.717) is 0 Å². The molecule has 0 fully saturated rings. The minimum Gasteiger partial charge on any atom is -0.358 e. The minimum atomic E-state index is 0. The normalized spacial score (nSPS) is 10.7. The van der Waals surface area contributed by atoms with Crippen molar-refractivity contribution in [3.8, 4) is 0 Å². The topological polar surface area (TPSA) is 3.24 Å². The van der Waals surface area contributed by atoms with Gasteiger partial charge in [0.1, 0.15) is 0 Å². The number of hydrogen-bond donors (Lipinski definition) is 0. The largest absolute Gasteiger partial charge is 0.358 e. The van der Waals surface area contributed by atoms with Gasteiger partial charge in [-0.25, -0.2) is 0 Å². The Labute approximate surface area is 104 Å². The van der Waals surface area contributed by atoms with E-state index < -0.39 is 0 Å². The summed E-state index contributed by atoms with van der Waals surface area (Å²) in [5, 5.41) is 0. The van der Waals surface area contributed by atoms with Gasteiger partial charge in [-0.05, 0) is 20.8 Å². The average molecular weight is 235 g/mol. The van der Waals surface area contributed by atoms with Crippen molar-refractivity contribution in [1.29, 1.82) is 0 Å². The molecule has 0 aromatic heterocycles. The number of hydrogen-bond acceptors (Lipinski definition) is 1. The van der Waals surface area contributed by atoms with Gasteiger partial charge < -0.3 is 24.7 Å². The van der Waals surface area contributed by atoms with Crippen LogP contribution >= 0.6 is 0 Å². The van der Waals surface area contributed by atoms with E-state index in [1.54, 1.807) is 0 Å². The third kappa shape index (κ3) is 15.0. The Bertz CT molecular complexity index is 98.6. The molecule has 0 N–H and O–H groups in total. The van der Waals surface area contributed by atoms with Gasteiger partial charge in [-0.15, -0.1) is 13.1 Å². The zero-order valence-corrected chi connectivity index (χ0v) is 12.1. The molecule has 0 saturated heterocycles. The van der Waals surface area contributed by atoms with E-state index in [1.807, 2.05) is 0 Å². The van der Waals surface area contributed by atoms with Crippen molar-refractivity contribution in [3.05, 3.63) is 19.8 Å². The molecule has 1 radical (unpaired) electrons. The third-order valence-electron chi connectivity index (χ3n) is 1.49. The summed E-state index contributed by atoms with van der Waals surface area (Å²) in [5.41, 5.74) is 0.226. The van der Waals surface area contributed by atoms with E-state index in [4.69, 9.17) is 0 Å². The summed E-state index contributed by atoms with van der Waals surface area (Å²) in [7, 11) is 0. The maximum absolute atomic E-state index is 3.81. The van der Waals surface area contributed by atoms with Crippen LogP contribution < -0.4 is 0 Å². The van der Waals surface area contributed by atoms with Gasteiger partial charge in [-0.1, -0.05) is 0 Å².